The van der Waals surface area contributed by atoms with Crippen LogP contribution in [-0.2, 0) is 10.8 Å². The average Bonchev–Trinajstić information content (AvgIpc) is 2.16. The highest BCUT2D eigenvalue weighted by molar-refractivity contribution is 7.84. The van der Waals surface area contributed by atoms with Gasteiger partial charge in [0.05, 0.1) is 0 Å². The van der Waals surface area contributed by atoms with Crippen molar-refractivity contribution in [3.05, 3.63) is 0 Å². The first-order chi connectivity index (χ1) is 6.60. The van der Waals surface area contributed by atoms with Crippen molar-refractivity contribution >= 4 is 10.8 Å². The Morgan fingerprint density at radius 2 is 1.86 bits per heavy atom. The first kappa shape index (κ1) is 14.1. The van der Waals surface area contributed by atoms with Gasteiger partial charge in [0.25, 0.3) is 0 Å². The fraction of sp³-hybridized carbons (Fsp3) is 1.00. The molecule has 2 nitrogen and oxygen atoms in total. The topological polar surface area (TPSA) is 29.1 Å². The molecule has 0 aromatic carbocycles. The molecule has 2 atom stereocenters. The normalized spacial score (nSPS) is 15.8. The second-order valence-electron chi connectivity index (χ2n) is 4.06. The highest BCUT2D eigenvalue weighted by Gasteiger charge is 2.06. The highest BCUT2D eigenvalue weighted by atomic mass is 32.2. The van der Waals surface area contributed by atoms with Gasteiger partial charge in [-0.2, -0.15) is 0 Å². The van der Waals surface area contributed by atoms with Gasteiger partial charge in [-0.1, -0.05) is 26.7 Å². The Bertz CT molecular complexity index is 157. The van der Waals surface area contributed by atoms with E-state index in [1.807, 2.05) is 0 Å². The number of rotatable bonds is 8. The molecule has 14 heavy (non-hydrogen) atoms. The van der Waals surface area contributed by atoms with Crippen LogP contribution in [0.15, 0.2) is 0 Å². The molecule has 0 amide bonds. The van der Waals surface area contributed by atoms with Crippen molar-refractivity contribution in [2.75, 3.05) is 18.6 Å². The van der Waals surface area contributed by atoms with Gasteiger partial charge in [-0.3, -0.25) is 4.21 Å². The van der Waals surface area contributed by atoms with E-state index in [9.17, 15) is 4.21 Å². The summed E-state index contributed by atoms with van der Waals surface area (Å²) in [5, 5.41) is 3.51. The van der Waals surface area contributed by atoms with Gasteiger partial charge >= 0.3 is 0 Å². The van der Waals surface area contributed by atoms with Crippen LogP contribution in [0.2, 0.25) is 0 Å². The Labute approximate surface area is 91.3 Å². The molecule has 0 aliphatic carbocycles. The molecule has 0 aliphatic rings. The van der Waals surface area contributed by atoms with Crippen LogP contribution >= 0.6 is 0 Å². The number of nitrogens with one attached hydrogen (secondary N) is 1. The van der Waals surface area contributed by atoms with E-state index >= 15 is 0 Å². The Morgan fingerprint density at radius 3 is 2.29 bits per heavy atom. The summed E-state index contributed by atoms with van der Waals surface area (Å²) < 4.78 is 10.9. The van der Waals surface area contributed by atoms with Crippen LogP contribution in [0.3, 0.4) is 0 Å². The van der Waals surface area contributed by atoms with Crippen molar-refractivity contribution in [1.82, 2.24) is 5.32 Å². The van der Waals surface area contributed by atoms with Crippen molar-refractivity contribution in [2.24, 2.45) is 5.92 Å². The second-order valence-corrected chi connectivity index (χ2v) is 5.61. The van der Waals surface area contributed by atoms with E-state index in [0.29, 0.717) is 6.04 Å². The molecule has 1 N–H and O–H groups in total. The lowest BCUT2D eigenvalue weighted by molar-refractivity contribution is 0.413. The zero-order valence-corrected chi connectivity index (χ0v) is 10.8. The van der Waals surface area contributed by atoms with Gasteiger partial charge in [0, 0.05) is 28.9 Å². The predicted octanol–water partition coefficient (Wildman–Crippen LogP) is 2.17. The monoisotopic (exact) mass is 219 g/mol. The van der Waals surface area contributed by atoms with Crippen molar-refractivity contribution in [3.8, 4) is 0 Å². The average molecular weight is 219 g/mol. The third-order valence-electron chi connectivity index (χ3n) is 2.75. The van der Waals surface area contributed by atoms with Gasteiger partial charge in [0.15, 0.2) is 0 Å². The summed E-state index contributed by atoms with van der Waals surface area (Å²) in [6.45, 7) is 7.75. The summed E-state index contributed by atoms with van der Waals surface area (Å²) in [6.07, 6.45) is 5.28. The number of hydrogen-bond acceptors (Lipinski definition) is 2. The van der Waals surface area contributed by atoms with E-state index in [1.165, 1.54) is 12.8 Å². The van der Waals surface area contributed by atoms with Crippen LogP contribution in [0.5, 0.6) is 0 Å². The molecular formula is C11H25NOS. The Hall–Kier alpha value is 0.110. The fourth-order valence-electron chi connectivity index (χ4n) is 1.39. The van der Waals surface area contributed by atoms with Crippen molar-refractivity contribution in [3.63, 3.8) is 0 Å². The van der Waals surface area contributed by atoms with Gasteiger partial charge in [-0.25, -0.2) is 0 Å². The molecular weight excluding hydrogens is 194 g/mol. The molecule has 0 bridgehead atoms. The SMILES string of the molecule is CCC(CC)CNC(C)CCS(C)=O. The first-order valence-corrected chi connectivity index (χ1v) is 7.36. The molecule has 0 heterocycles. The third-order valence-corrected chi connectivity index (χ3v) is 3.56. The maximum absolute atomic E-state index is 10.9. The van der Waals surface area contributed by atoms with Gasteiger partial charge in [0.2, 0.25) is 0 Å². The molecule has 0 aliphatic heterocycles. The van der Waals surface area contributed by atoms with Crippen LogP contribution in [0.4, 0.5) is 0 Å². The summed E-state index contributed by atoms with van der Waals surface area (Å²) in [5.74, 6) is 1.61. The molecule has 0 aromatic heterocycles. The van der Waals surface area contributed by atoms with Crippen LogP contribution < -0.4 is 5.32 Å². The van der Waals surface area contributed by atoms with Crippen LogP contribution in [0.25, 0.3) is 0 Å². The maximum Gasteiger partial charge on any atom is 0.0246 e. The Kier molecular flexibility index (Phi) is 8.49. The molecule has 0 fully saturated rings. The number of hydrogen-bond donors (Lipinski definition) is 1. The van der Waals surface area contributed by atoms with E-state index in [0.717, 1.165) is 24.6 Å². The van der Waals surface area contributed by atoms with Crippen molar-refractivity contribution in [1.29, 1.82) is 0 Å². The second kappa shape index (κ2) is 8.42. The zero-order chi connectivity index (χ0) is 11.0. The van der Waals surface area contributed by atoms with Gasteiger partial charge in [0.1, 0.15) is 0 Å². The summed E-state index contributed by atoms with van der Waals surface area (Å²) in [6, 6.07) is 0.500. The largest absolute Gasteiger partial charge is 0.314 e. The highest BCUT2D eigenvalue weighted by Crippen LogP contribution is 2.06. The molecule has 0 rings (SSSR count). The molecule has 0 radical (unpaired) electrons. The summed E-state index contributed by atoms with van der Waals surface area (Å²) in [5.41, 5.74) is 0. The minimum atomic E-state index is -0.644. The zero-order valence-electron chi connectivity index (χ0n) is 10.0. The third kappa shape index (κ3) is 7.51. The van der Waals surface area contributed by atoms with Crippen molar-refractivity contribution in [2.45, 2.75) is 46.1 Å². The lowest BCUT2D eigenvalue weighted by Crippen LogP contribution is -2.31. The summed E-state index contributed by atoms with van der Waals surface area (Å²) >= 11 is 0. The molecule has 0 aromatic rings. The molecule has 3 heteroatoms. The van der Waals surface area contributed by atoms with Crippen molar-refractivity contribution < 1.29 is 4.21 Å². The minimum absolute atomic E-state index is 0.500. The molecule has 0 spiro atoms. The molecule has 86 valence electrons. The Balaban J connectivity index is 3.51. The Morgan fingerprint density at radius 1 is 1.29 bits per heavy atom. The smallest absolute Gasteiger partial charge is 0.0246 e. The first-order valence-electron chi connectivity index (χ1n) is 5.63. The van der Waals surface area contributed by atoms with Crippen LogP contribution in [-0.4, -0.2) is 28.8 Å². The van der Waals surface area contributed by atoms with E-state index in [1.54, 1.807) is 6.26 Å². The van der Waals surface area contributed by atoms with Crippen LogP contribution in [0.1, 0.15) is 40.0 Å². The lowest BCUT2D eigenvalue weighted by atomic mass is 10.0. The predicted molar refractivity (Wildman–Crippen MR) is 65.1 cm³/mol. The molecule has 0 saturated heterocycles. The van der Waals surface area contributed by atoms with Gasteiger partial charge in [-0.05, 0) is 25.8 Å². The molecule has 2 unspecified atom stereocenters. The minimum Gasteiger partial charge on any atom is -0.314 e. The summed E-state index contributed by atoms with van der Waals surface area (Å²) in [4.78, 5) is 0. The quantitative estimate of drug-likeness (QED) is 0.678. The summed E-state index contributed by atoms with van der Waals surface area (Å²) in [7, 11) is -0.644. The standard InChI is InChI=1S/C11H25NOS/c1-5-11(6-2)9-12-10(3)7-8-14(4)13/h10-12H,5-9H2,1-4H3. The lowest BCUT2D eigenvalue weighted by Gasteiger charge is -2.18. The van der Waals surface area contributed by atoms with E-state index in [-0.39, 0.29) is 0 Å². The maximum atomic E-state index is 10.9. The van der Waals surface area contributed by atoms with Crippen LogP contribution in [0, 0.1) is 5.92 Å². The van der Waals surface area contributed by atoms with E-state index in [2.05, 4.69) is 26.1 Å². The molecule has 0 saturated carbocycles. The van der Waals surface area contributed by atoms with E-state index < -0.39 is 10.8 Å². The fourth-order valence-corrected chi connectivity index (χ4v) is 2.08. The van der Waals surface area contributed by atoms with Gasteiger partial charge in [-0.15, -0.1) is 0 Å². The van der Waals surface area contributed by atoms with E-state index in [4.69, 9.17) is 0 Å². The van der Waals surface area contributed by atoms with Gasteiger partial charge < -0.3 is 5.32 Å².